The molecule has 5 aromatic carbocycles. The molecule has 0 N–H and O–H groups in total. The quantitative estimate of drug-likeness (QED) is 0.0697. The minimum atomic E-state index is -5.93. The van der Waals surface area contributed by atoms with Gasteiger partial charge in [0.25, 0.3) is 0 Å². The Balaban J connectivity index is 1.42. The van der Waals surface area contributed by atoms with Gasteiger partial charge >= 0.3 is 31.3 Å². The van der Waals surface area contributed by atoms with Crippen molar-refractivity contribution in [3.05, 3.63) is 131 Å². The summed E-state index contributed by atoms with van der Waals surface area (Å²) in [7, 11) is -11.9. The highest BCUT2D eigenvalue weighted by Crippen LogP contribution is 2.43. The van der Waals surface area contributed by atoms with E-state index in [9.17, 15) is 43.2 Å². The number of rotatable bonds is 8. The van der Waals surface area contributed by atoms with Crippen LogP contribution in [0, 0.1) is 0 Å². The van der Waals surface area contributed by atoms with E-state index < -0.39 is 48.2 Å². The van der Waals surface area contributed by atoms with Gasteiger partial charge in [0.05, 0.1) is 0 Å². The lowest BCUT2D eigenvalue weighted by Gasteiger charge is -2.32. The van der Waals surface area contributed by atoms with E-state index in [4.69, 9.17) is 0 Å². The highest BCUT2D eigenvalue weighted by atomic mass is 32.2. The van der Waals surface area contributed by atoms with Crippen LogP contribution in [0.25, 0.3) is 21.9 Å². The Bertz CT molecular complexity index is 2140. The van der Waals surface area contributed by atoms with Crippen molar-refractivity contribution >= 4 is 31.0 Å². The molecule has 1 aliphatic rings. The van der Waals surface area contributed by atoms with Gasteiger partial charge in [-0.2, -0.15) is 43.2 Å². The fourth-order valence-corrected chi connectivity index (χ4v) is 6.77. The number of fused-ring (bicyclic) bond motifs is 3. The third kappa shape index (κ3) is 5.87. The summed E-state index contributed by atoms with van der Waals surface area (Å²) in [6, 6.07) is 27.4. The third-order valence-electron chi connectivity index (χ3n) is 8.51. The van der Waals surface area contributed by atoms with Gasteiger partial charge in [0.1, 0.15) is 11.5 Å². The Hall–Kier alpha value is -4.56. The standard InChI is InChI=1S/C34H24F6O6S2/c1-32(24-11-15-26(16-12-24)45-47(41,42)33(35,36)37,25-13-17-27(18-14-25)46-48(43,44)34(38,39)40)23-9-6-21(7-10-23)31-20-22-8-19-28(22)29-4-2-3-5-30(29)31/h2-7,9-18,20H,8,19H2,1H3. The molecule has 5 aromatic rings. The van der Waals surface area contributed by atoms with Gasteiger partial charge in [-0.1, -0.05) is 78.9 Å². The van der Waals surface area contributed by atoms with E-state index in [2.05, 4.69) is 20.5 Å². The van der Waals surface area contributed by atoms with Crippen LogP contribution in [0.2, 0.25) is 0 Å². The van der Waals surface area contributed by atoms with E-state index >= 15 is 0 Å². The SMILES string of the molecule is CC(c1ccc(OS(=O)(=O)C(F)(F)F)cc1)(c1ccc(OS(=O)(=O)C(F)(F)F)cc1)c1ccc(-c2cc3c(c4ccccc24)CC3)cc1. The minimum Gasteiger partial charge on any atom is -0.376 e. The van der Waals surface area contributed by atoms with Gasteiger partial charge in [0.2, 0.25) is 0 Å². The Morgan fingerprint density at radius 1 is 0.562 bits per heavy atom. The number of alkyl halides is 6. The summed E-state index contributed by atoms with van der Waals surface area (Å²) in [6.07, 6.45) is 1.97. The van der Waals surface area contributed by atoms with Crippen LogP contribution in [-0.2, 0) is 38.5 Å². The van der Waals surface area contributed by atoms with Gasteiger partial charge in [0.15, 0.2) is 0 Å². The zero-order valence-corrected chi connectivity index (χ0v) is 26.4. The first-order chi connectivity index (χ1) is 22.4. The van der Waals surface area contributed by atoms with Crippen LogP contribution < -0.4 is 8.37 Å². The van der Waals surface area contributed by atoms with E-state index in [1.54, 1.807) is 6.92 Å². The molecule has 0 spiro atoms. The van der Waals surface area contributed by atoms with Crippen molar-refractivity contribution in [2.24, 2.45) is 0 Å². The first-order valence-corrected chi connectivity index (χ1v) is 17.1. The Morgan fingerprint density at radius 2 is 0.979 bits per heavy atom. The maximum Gasteiger partial charge on any atom is 0.534 e. The molecule has 6 rings (SSSR count). The monoisotopic (exact) mass is 706 g/mol. The molecular weight excluding hydrogens is 682 g/mol. The third-order valence-corrected chi connectivity index (χ3v) is 10.5. The topological polar surface area (TPSA) is 86.7 Å². The zero-order valence-electron chi connectivity index (χ0n) is 24.8. The van der Waals surface area contributed by atoms with Crippen molar-refractivity contribution in [2.45, 2.75) is 36.2 Å². The van der Waals surface area contributed by atoms with Crippen molar-refractivity contribution in [2.75, 3.05) is 0 Å². The Labute approximate surface area is 271 Å². The molecule has 0 saturated carbocycles. The average Bonchev–Trinajstić information content (AvgIpc) is 3.00. The lowest BCUT2D eigenvalue weighted by atomic mass is 9.71. The summed E-state index contributed by atoms with van der Waals surface area (Å²) in [5, 5.41) is 2.26. The molecule has 0 aromatic heterocycles. The largest absolute Gasteiger partial charge is 0.534 e. The van der Waals surface area contributed by atoms with E-state index in [-0.39, 0.29) is 0 Å². The van der Waals surface area contributed by atoms with E-state index in [1.165, 1.54) is 40.8 Å². The van der Waals surface area contributed by atoms with Crippen LogP contribution in [0.1, 0.15) is 34.7 Å². The molecule has 250 valence electrons. The van der Waals surface area contributed by atoms with E-state index in [0.717, 1.165) is 53.6 Å². The molecule has 0 radical (unpaired) electrons. The lowest BCUT2D eigenvalue weighted by Crippen LogP contribution is -2.28. The van der Waals surface area contributed by atoms with Gasteiger partial charge in [-0.3, -0.25) is 0 Å². The van der Waals surface area contributed by atoms with Crippen molar-refractivity contribution < 1.29 is 51.5 Å². The van der Waals surface area contributed by atoms with Crippen LogP contribution in [0.3, 0.4) is 0 Å². The first-order valence-electron chi connectivity index (χ1n) is 14.3. The molecular formula is C34H24F6O6S2. The Morgan fingerprint density at radius 3 is 1.38 bits per heavy atom. The molecule has 14 heteroatoms. The fourth-order valence-electron chi connectivity index (χ4n) is 5.85. The van der Waals surface area contributed by atoms with Gasteiger partial charge in [-0.15, -0.1) is 0 Å². The van der Waals surface area contributed by atoms with Crippen LogP contribution >= 0.6 is 0 Å². The van der Waals surface area contributed by atoms with Gasteiger partial charge in [-0.05, 0) is 93.7 Å². The van der Waals surface area contributed by atoms with Crippen LogP contribution in [0.4, 0.5) is 26.3 Å². The summed E-state index contributed by atoms with van der Waals surface area (Å²) in [6.45, 7) is 1.74. The number of aryl methyl sites for hydroxylation is 2. The summed E-state index contributed by atoms with van der Waals surface area (Å²) in [4.78, 5) is 0. The normalized spacial score (nSPS) is 13.9. The molecule has 0 saturated heterocycles. The average molecular weight is 707 g/mol. The minimum absolute atomic E-state index is 0.440. The lowest BCUT2D eigenvalue weighted by molar-refractivity contribution is -0.0504. The molecule has 0 heterocycles. The molecule has 0 amide bonds. The number of halogens is 6. The zero-order chi connectivity index (χ0) is 34.7. The smallest absolute Gasteiger partial charge is 0.376 e. The number of hydrogen-bond acceptors (Lipinski definition) is 6. The fraction of sp³-hybridized carbons (Fsp3) is 0.176. The second-order valence-corrected chi connectivity index (χ2v) is 14.4. The first kappa shape index (κ1) is 33.3. The van der Waals surface area contributed by atoms with Crippen LogP contribution in [-0.4, -0.2) is 27.9 Å². The van der Waals surface area contributed by atoms with Gasteiger partial charge in [-0.25, -0.2) is 0 Å². The second-order valence-electron chi connectivity index (χ2n) is 11.3. The van der Waals surface area contributed by atoms with Gasteiger partial charge in [0, 0.05) is 5.41 Å². The van der Waals surface area contributed by atoms with E-state index in [0.29, 0.717) is 16.7 Å². The summed E-state index contributed by atoms with van der Waals surface area (Å²) in [5.74, 6) is -1.19. The predicted octanol–water partition coefficient (Wildman–Crippen LogP) is 8.42. The molecule has 0 unspecified atom stereocenters. The van der Waals surface area contributed by atoms with Crippen LogP contribution in [0.5, 0.6) is 11.5 Å². The predicted molar refractivity (Wildman–Crippen MR) is 166 cm³/mol. The number of benzene rings is 5. The molecule has 1 aliphatic carbocycles. The highest BCUT2D eigenvalue weighted by Gasteiger charge is 2.49. The van der Waals surface area contributed by atoms with Crippen molar-refractivity contribution in [1.29, 1.82) is 0 Å². The molecule has 0 bridgehead atoms. The maximum atomic E-state index is 12.9. The molecule has 6 nitrogen and oxygen atoms in total. The van der Waals surface area contributed by atoms with Crippen molar-refractivity contribution in [1.82, 2.24) is 0 Å². The number of hydrogen-bond donors (Lipinski definition) is 0. The summed E-state index contributed by atoms with van der Waals surface area (Å²) in [5.41, 5.74) is -6.38. The van der Waals surface area contributed by atoms with E-state index in [1.807, 2.05) is 42.5 Å². The summed E-state index contributed by atoms with van der Waals surface area (Å²) < 4.78 is 132. The molecule has 0 atom stereocenters. The van der Waals surface area contributed by atoms with Crippen molar-refractivity contribution in [3.63, 3.8) is 0 Å². The van der Waals surface area contributed by atoms with Crippen molar-refractivity contribution in [3.8, 4) is 22.6 Å². The van der Waals surface area contributed by atoms with Gasteiger partial charge < -0.3 is 8.37 Å². The molecule has 0 aliphatic heterocycles. The highest BCUT2D eigenvalue weighted by molar-refractivity contribution is 7.88. The Kier molecular flexibility index (Phi) is 8.02. The van der Waals surface area contributed by atoms with Crippen LogP contribution in [0.15, 0.2) is 103 Å². The second kappa shape index (κ2) is 11.5. The summed E-state index contributed by atoms with van der Waals surface area (Å²) >= 11 is 0. The maximum absolute atomic E-state index is 12.9. The molecule has 48 heavy (non-hydrogen) atoms. The molecule has 0 fully saturated rings.